The van der Waals surface area contributed by atoms with Gasteiger partial charge >= 0.3 is 0 Å². The Bertz CT molecular complexity index is 564. The van der Waals surface area contributed by atoms with Gasteiger partial charge in [0.25, 0.3) is 0 Å². The molecule has 0 amide bonds. The molecule has 1 fully saturated rings. The molecule has 1 aliphatic rings. The van der Waals surface area contributed by atoms with Crippen LogP contribution in [-0.4, -0.2) is 30.1 Å². The number of rotatable bonds is 4. The molecule has 1 saturated heterocycles. The fourth-order valence-electron chi connectivity index (χ4n) is 2.74. The van der Waals surface area contributed by atoms with E-state index in [2.05, 4.69) is 46.1 Å². The van der Waals surface area contributed by atoms with E-state index in [9.17, 15) is 0 Å². The van der Waals surface area contributed by atoms with Gasteiger partial charge in [0.05, 0.1) is 0 Å². The summed E-state index contributed by atoms with van der Waals surface area (Å²) in [6.07, 6.45) is 5.68. The zero-order valence-corrected chi connectivity index (χ0v) is 12.6. The predicted octanol–water partition coefficient (Wildman–Crippen LogP) is 3.10. The van der Waals surface area contributed by atoms with Crippen molar-refractivity contribution in [3.8, 4) is 0 Å². The van der Waals surface area contributed by atoms with Crippen LogP contribution in [0.15, 0.2) is 42.6 Å². The number of nitrogens with zero attached hydrogens (tertiary/aromatic N) is 4. The van der Waals surface area contributed by atoms with Gasteiger partial charge in [-0.25, -0.2) is 4.98 Å². The first-order valence-electron chi connectivity index (χ1n) is 7.66. The Labute approximate surface area is 126 Å². The molecule has 0 unspecified atom stereocenters. The molecule has 0 saturated carbocycles. The Morgan fingerprint density at radius 2 is 1.81 bits per heavy atom. The number of piperidine rings is 1. The van der Waals surface area contributed by atoms with Crippen LogP contribution in [0.4, 0.5) is 11.8 Å². The normalized spacial score (nSPS) is 15.0. The third kappa shape index (κ3) is 3.51. The standard InChI is InChI=1S/C17H22N4/c1-20(14-15-8-4-2-5-9-15)16-10-11-18-17(19-16)21-12-6-3-7-13-21/h2,4-5,8-11H,3,6-7,12-14H2,1H3. The number of hydrogen-bond acceptors (Lipinski definition) is 4. The van der Waals surface area contributed by atoms with Crippen molar-refractivity contribution in [3.05, 3.63) is 48.2 Å². The van der Waals surface area contributed by atoms with E-state index in [4.69, 9.17) is 4.98 Å². The van der Waals surface area contributed by atoms with E-state index in [0.717, 1.165) is 31.4 Å². The molecule has 0 atom stereocenters. The van der Waals surface area contributed by atoms with E-state index in [-0.39, 0.29) is 0 Å². The Kier molecular flexibility index (Phi) is 4.34. The molecule has 2 heterocycles. The van der Waals surface area contributed by atoms with Gasteiger partial charge in [-0.2, -0.15) is 4.98 Å². The van der Waals surface area contributed by atoms with Gasteiger partial charge < -0.3 is 9.80 Å². The monoisotopic (exact) mass is 282 g/mol. The lowest BCUT2D eigenvalue weighted by atomic mass is 10.1. The maximum absolute atomic E-state index is 4.73. The second-order valence-corrected chi connectivity index (χ2v) is 5.60. The van der Waals surface area contributed by atoms with Crippen LogP contribution < -0.4 is 9.80 Å². The van der Waals surface area contributed by atoms with Gasteiger partial charge in [0.15, 0.2) is 0 Å². The van der Waals surface area contributed by atoms with Crippen LogP contribution >= 0.6 is 0 Å². The van der Waals surface area contributed by atoms with E-state index in [1.807, 2.05) is 18.3 Å². The SMILES string of the molecule is CN(Cc1ccccc1)c1ccnc(N2CCCCC2)n1. The molecule has 0 aliphatic carbocycles. The maximum atomic E-state index is 4.73. The summed E-state index contributed by atoms with van der Waals surface area (Å²) in [5, 5.41) is 0. The number of hydrogen-bond donors (Lipinski definition) is 0. The molecule has 4 nitrogen and oxygen atoms in total. The van der Waals surface area contributed by atoms with Crippen LogP contribution in [0.2, 0.25) is 0 Å². The lowest BCUT2D eigenvalue weighted by molar-refractivity contribution is 0.568. The van der Waals surface area contributed by atoms with Crippen molar-refractivity contribution in [2.75, 3.05) is 29.9 Å². The highest BCUT2D eigenvalue weighted by Crippen LogP contribution is 2.19. The topological polar surface area (TPSA) is 32.3 Å². The fourth-order valence-corrected chi connectivity index (χ4v) is 2.74. The predicted molar refractivity (Wildman–Crippen MR) is 86.6 cm³/mol. The molecule has 3 rings (SSSR count). The van der Waals surface area contributed by atoms with Crippen LogP contribution in [0.1, 0.15) is 24.8 Å². The Hall–Kier alpha value is -2.10. The first-order chi connectivity index (χ1) is 10.3. The van der Waals surface area contributed by atoms with Crippen LogP contribution in [0.3, 0.4) is 0 Å². The largest absolute Gasteiger partial charge is 0.355 e. The van der Waals surface area contributed by atoms with Crippen molar-refractivity contribution < 1.29 is 0 Å². The van der Waals surface area contributed by atoms with Gasteiger partial charge in [0, 0.05) is 32.9 Å². The summed E-state index contributed by atoms with van der Waals surface area (Å²) in [6.45, 7) is 3.01. The molecule has 1 aliphatic heterocycles. The average Bonchev–Trinajstić information content (AvgIpc) is 2.57. The number of aromatic nitrogens is 2. The van der Waals surface area contributed by atoms with E-state index in [0.29, 0.717) is 0 Å². The first-order valence-corrected chi connectivity index (χ1v) is 7.66. The number of benzene rings is 1. The van der Waals surface area contributed by atoms with Gasteiger partial charge in [-0.3, -0.25) is 0 Å². The summed E-state index contributed by atoms with van der Waals surface area (Å²) in [4.78, 5) is 13.6. The lowest BCUT2D eigenvalue weighted by Crippen LogP contribution is -2.31. The summed E-state index contributed by atoms with van der Waals surface area (Å²) < 4.78 is 0. The minimum atomic E-state index is 0.858. The summed E-state index contributed by atoms with van der Waals surface area (Å²) in [5.74, 6) is 1.85. The molecule has 21 heavy (non-hydrogen) atoms. The third-order valence-electron chi connectivity index (χ3n) is 3.92. The van der Waals surface area contributed by atoms with Gasteiger partial charge in [0.2, 0.25) is 5.95 Å². The van der Waals surface area contributed by atoms with Crippen LogP contribution in [-0.2, 0) is 6.54 Å². The van der Waals surface area contributed by atoms with Crippen LogP contribution in [0, 0.1) is 0 Å². The van der Waals surface area contributed by atoms with Crippen LogP contribution in [0.5, 0.6) is 0 Å². The van der Waals surface area contributed by atoms with E-state index in [1.54, 1.807) is 0 Å². The molecular weight excluding hydrogens is 260 g/mol. The summed E-state index contributed by atoms with van der Waals surface area (Å²) >= 11 is 0. The number of anilines is 2. The second kappa shape index (κ2) is 6.57. The lowest BCUT2D eigenvalue weighted by Gasteiger charge is -2.27. The zero-order chi connectivity index (χ0) is 14.5. The smallest absolute Gasteiger partial charge is 0.227 e. The molecule has 1 aromatic carbocycles. The maximum Gasteiger partial charge on any atom is 0.227 e. The van der Waals surface area contributed by atoms with Crippen molar-refractivity contribution in [1.82, 2.24) is 9.97 Å². The molecule has 2 aromatic rings. The second-order valence-electron chi connectivity index (χ2n) is 5.60. The van der Waals surface area contributed by atoms with Crippen LogP contribution in [0.25, 0.3) is 0 Å². The van der Waals surface area contributed by atoms with Gasteiger partial charge in [-0.05, 0) is 30.9 Å². The van der Waals surface area contributed by atoms with Crippen molar-refractivity contribution in [2.45, 2.75) is 25.8 Å². The Morgan fingerprint density at radius 1 is 1.05 bits per heavy atom. The summed E-state index contributed by atoms with van der Waals surface area (Å²) in [6, 6.07) is 12.5. The van der Waals surface area contributed by atoms with Crippen molar-refractivity contribution in [3.63, 3.8) is 0 Å². The minimum absolute atomic E-state index is 0.858. The fraction of sp³-hybridized carbons (Fsp3) is 0.412. The summed E-state index contributed by atoms with van der Waals surface area (Å²) in [7, 11) is 2.08. The van der Waals surface area contributed by atoms with Gasteiger partial charge in [-0.15, -0.1) is 0 Å². The quantitative estimate of drug-likeness (QED) is 0.862. The van der Waals surface area contributed by atoms with E-state index >= 15 is 0 Å². The average molecular weight is 282 g/mol. The highest BCUT2D eigenvalue weighted by Gasteiger charge is 2.14. The summed E-state index contributed by atoms with van der Waals surface area (Å²) in [5.41, 5.74) is 1.29. The highest BCUT2D eigenvalue weighted by atomic mass is 15.3. The zero-order valence-electron chi connectivity index (χ0n) is 12.6. The van der Waals surface area contributed by atoms with Crippen molar-refractivity contribution >= 4 is 11.8 Å². The Morgan fingerprint density at radius 3 is 2.57 bits per heavy atom. The third-order valence-corrected chi connectivity index (χ3v) is 3.92. The molecular formula is C17H22N4. The van der Waals surface area contributed by atoms with Crippen molar-refractivity contribution in [2.24, 2.45) is 0 Å². The minimum Gasteiger partial charge on any atom is -0.355 e. The van der Waals surface area contributed by atoms with E-state index < -0.39 is 0 Å². The molecule has 0 spiro atoms. The molecule has 0 bridgehead atoms. The Balaban J connectivity index is 1.72. The van der Waals surface area contributed by atoms with Gasteiger partial charge in [0.1, 0.15) is 5.82 Å². The van der Waals surface area contributed by atoms with Gasteiger partial charge in [-0.1, -0.05) is 30.3 Å². The molecule has 0 radical (unpaired) electrons. The highest BCUT2D eigenvalue weighted by molar-refractivity contribution is 5.43. The molecule has 0 N–H and O–H groups in total. The first kappa shape index (κ1) is 13.9. The molecule has 110 valence electrons. The van der Waals surface area contributed by atoms with E-state index in [1.165, 1.54) is 24.8 Å². The van der Waals surface area contributed by atoms with Crippen molar-refractivity contribution in [1.29, 1.82) is 0 Å². The molecule has 1 aromatic heterocycles. The molecule has 4 heteroatoms.